The van der Waals surface area contributed by atoms with Gasteiger partial charge in [-0.25, -0.2) is 56.2 Å². The minimum Gasteiger partial charge on any atom is -0.478 e. The third-order valence-electron chi connectivity index (χ3n) is 10.2. The molecule has 22 heteroatoms. The molecule has 0 aromatic carbocycles. The number of carbonyl (C=O) groups is 2. The maximum Gasteiger partial charge on any atom is 0.268 e. The van der Waals surface area contributed by atoms with E-state index in [1.807, 2.05) is 44.5 Å². The smallest absolute Gasteiger partial charge is 0.268 e. The van der Waals surface area contributed by atoms with E-state index in [-0.39, 0.29) is 51.8 Å². The number of halogens is 1. The van der Waals surface area contributed by atoms with Gasteiger partial charge in [0.2, 0.25) is 11.8 Å². The zero-order valence-electron chi connectivity index (χ0n) is 37.7. The van der Waals surface area contributed by atoms with Crippen molar-refractivity contribution in [3.63, 3.8) is 0 Å². The highest BCUT2D eigenvalue weighted by Crippen LogP contribution is 2.38. The maximum atomic E-state index is 13.4. The molecule has 0 saturated carbocycles. The van der Waals surface area contributed by atoms with Gasteiger partial charge in [-0.05, 0) is 126 Å². The number of aryl methyl sites for hydroxylation is 2. The number of carbonyl (C=O) groups excluding carboxylic acids is 2. The third-order valence-corrected chi connectivity index (χ3v) is 13.2. The molecular formula is C45H62ClN11O8S2. The Labute approximate surface area is 402 Å². The van der Waals surface area contributed by atoms with Crippen molar-refractivity contribution in [3.8, 4) is 34.5 Å². The second-order valence-corrected chi connectivity index (χ2v) is 19.7. The Hall–Kier alpha value is -6.97. The van der Waals surface area contributed by atoms with E-state index >= 15 is 0 Å². The van der Waals surface area contributed by atoms with E-state index in [1.54, 1.807) is 24.3 Å². The molecule has 6 N–H and O–H groups in total. The lowest BCUT2D eigenvalue weighted by atomic mass is 9.97. The first kappa shape index (κ1) is 49.5. The van der Waals surface area contributed by atoms with Gasteiger partial charge >= 0.3 is 0 Å². The average Bonchev–Trinajstić information content (AvgIpc) is 3.54. The highest BCUT2D eigenvalue weighted by molar-refractivity contribution is 7.90. The molecule has 0 unspecified atom stereocenters. The molecule has 1 atom stereocenters. The summed E-state index contributed by atoms with van der Waals surface area (Å²) < 4.78 is 65.9. The van der Waals surface area contributed by atoms with Crippen molar-refractivity contribution in [3.05, 3.63) is 113 Å². The lowest BCUT2D eigenvalue weighted by molar-refractivity contribution is 0.0972. The molecule has 1 aliphatic rings. The molecule has 67 heavy (non-hydrogen) atoms. The Morgan fingerprint density at radius 3 is 1.63 bits per heavy atom. The van der Waals surface area contributed by atoms with E-state index in [4.69, 9.17) is 37.5 Å². The van der Waals surface area contributed by atoms with Crippen LogP contribution in [0.3, 0.4) is 0 Å². The van der Waals surface area contributed by atoms with Crippen LogP contribution in [0.25, 0.3) is 22.8 Å². The summed E-state index contributed by atoms with van der Waals surface area (Å²) in [6.45, 7) is 15.5. The highest BCUT2D eigenvalue weighted by atomic mass is 35.5. The van der Waals surface area contributed by atoms with Crippen molar-refractivity contribution in [1.29, 1.82) is 0 Å². The van der Waals surface area contributed by atoms with Gasteiger partial charge in [0, 0.05) is 45.2 Å². The van der Waals surface area contributed by atoms with Gasteiger partial charge in [-0.3, -0.25) is 9.59 Å². The molecule has 7 rings (SSSR count). The maximum absolute atomic E-state index is 13.4. The summed E-state index contributed by atoms with van der Waals surface area (Å²) in [7, 11) is -8.50. The molecule has 6 aromatic rings. The Morgan fingerprint density at radius 2 is 1.19 bits per heavy atom. The van der Waals surface area contributed by atoms with Gasteiger partial charge in [0.05, 0.1) is 47.1 Å². The lowest BCUT2D eigenvalue weighted by Gasteiger charge is -2.34. The number of pyridine rings is 6. The van der Waals surface area contributed by atoms with Crippen molar-refractivity contribution >= 4 is 60.9 Å². The molecule has 6 aromatic heterocycles. The summed E-state index contributed by atoms with van der Waals surface area (Å²) in [6, 6.07) is 18.8. The second-order valence-electron chi connectivity index (χ2n) is 16.1. The van der Waals surface area contributed by atoms with Crippen LogP contribution in [-0.2, 0) is 20.0 Å². The standard InChI is InChI=1S/C26H32N6O4S.C19H18ClN5O4S.6H2/c1-6-36-22-13-16(2)12-20(29-22)19-10-9-18(24(30-19)32-15-17(3)14-26(32,4)5)25(33)31-37(34,35)21-8-7-11-28-23(21)27;1-3-29-16-10-11(2)9-14(23-16)13-7-6-12(17(20)24-13)19(26)25-30(27,28)15-5-4-8-22-18(15)21;;;;;;/h7-13,17H,6,14-15H2,1-5H3,(H2,27,28)(H,31,33);4-10H,3H2,1-2H3,(H2,21,22)(H,25,26);6*1H/t17-;;;;;;;/m0......./s1. The Kier molecular flexibility index (Phi) is 15.0. The summed E-state index contributed by atoms with van der Waals surface area (Å²) in [6.07, 6.45) is 3.61. The van der Waals surface area contributed by atoms with Crippen LogP contribution >= 0.6 is 11.6 Å². The van der Waals surface area contributed by atoms with Gasteiger partial charge in [0.25, 0.3) is 31.9 Å². The Bertz CT molecular complexity index is 3100. The average molecular weight is 985 g/mol. The number of ether oxygens (including phenoxy) is 2. The molecule has 1 fully saturated rings. The molecule has 0 aliphatic carbocycles. The summed E-state index contributed by atoms with van der Waals surface area (Å²) in [5, 5.41) is -0.180. The zero-order valence-corrected chi connectivity index (χ0v) is 40.1. The number of nitrogen functional groups attached to an aromatic ring is 2. The lowest BCUT2D eigenvalue weighted by Crippen LogP contribution is -2.41. The number of rotatable bonds is 13. The Morgan fingerprint density at radius 1 is 0.731 bits per heavy atom. The van der Waals surface area contributed by atoms with Crippen molar-refractivity contribution in [2.75, 3.05) is 36.1 Å². The minimum absolute atomic E-state index is 0. The van der Waals surface area contributed by atoms with Crippen LogP contribution in [0.5, 0.6) is 11.8 Å². The number of hydrogen-bond donors (Lipinski definition) is 4. The number of amides is 2. The number of nitrogens with zero attached hydrogens (tertiary/aromatic N) is 7. The van der Waals surface area contributed by atoms with Crippen molar-refractivity contribution in [2.45, 2.75) is 70.2 Å². The quantitative estimate of drug-likeness (QED) is 0.0809. The summed E-state index contributed by atoms with van der Waals surface area (Å²) in [5.41, 5.74) is 15.0. The Balaban J connectivity index is 0.00000134. The SMILES string of the molecule is CCOc1cc(C)cc(-c2ccc(C(=O)NS(=O)(=O)c3cccnc3N)c(Cl)n2)n1.CCOc1cc(C)cc(-c2ccc(C(=O)NS(=O)(=O)c3cccnc3N)c(N3C[C@@H](C)CC3(C)C)n2)n1.[HH].[HH].[HH].[HH].[HH].[HH]. The first-order valence-corrected chi connectivity index (χ1v) is 24.2. The van der Waals surface area contributed by atoms with Gasteiger partial charge in [-0.15, -0.1) is 0 Å². The number of nitrogens with two attached hydrogens (primary N) is 2. The molecule has 19 nitrogen and oxygen atoms in total. The number of sulfonamides is 2. The number of nitrogens with one attached hydrogen (secondary N) is 2. The normalized spacial score (nSPS) is 14.4. The van der Waals surface area contributed by atoms with Crippen LogP contribution in [0, 0.1) is 19.8 Å². The zero-order chi connectivity index (χ0) is 48.8. The van der Waals surface area contributed by atoms with E-state index in [9.17, 15) is 26.4 Å². The molecule has 1 saturated heterocycles. The predicted molar refractivity (Wildman–Crippen MR) is 266 cm³/mol. The fraction of sp³-hybridized carbons (Fsp3) is 0.289. The van der Waals surface area contributed by atoms with Crippen LogP contribution in [0.15, 0.2) is 95.0 Å². The number of anilines is 3. The summed E-state index contributed by atoms with van der Waals surface area (Å²) >= 11 is 6.16. The minimum atomic E-state index is -4.26. The van der Waals surface area contributed by atoms with Crippen molar-refractivity contribution < 1.29 is 44.5 Å². The van der Waals surface area contributed by atoms with Crippen LogP contribution < -0.4 is 35.3 Å². The number of aromatic nitrogens is 6. The molecule has 0 spiro atoms. The molecule has 0 radical (unpaired) electrons. The van der Waals surface area contributed by atoms with Gasteiger partial charge in [0.1, 0.15) is 32.4 Å². The summed E-state index contributed by atoms with van der Waals surface area (Å²) in [4.78, 5) is 52.9. The van der Waals surface area contributed by atoms with Crippen LogP contribution in [0.2, 0.25) is 5.15 Å². The molecule has 7 heterocycles. The first-order valence-electron chi connectivity index (χ1n) is 20.9. The largest absolute Gasteiger partial charge is 0.478 e. The van der Waals surface area contributed by atoms with Crippen molar-refractivity contribution in [1.82, 2.24) is 39.3 Å². The fourth-order valence-corrected chi connectivity index (χ4v) is 9.72. The van der Waals surface area contributed by atoms with E-state index in [0.717, 1.165) is 17.5 Å². The summed E-state index contributed by atoms with van der Waals surface area (Å²) in [5.74, 6) is -0.508. The number of hydrogen-bond acceptors (Lipinski definition) is 17. The van der Waals surface area contributed by atoms with E-state index < -0.39 is 31.9 Å². The van der Waals surface area contributed by atoms with E-state index in [0.29, 0.717) is 66.0 Å². The molecule has 364 valence electrons. The van der Waals surface area contributed by atoms with E-state index in [1.165, 1.54) is 48.8 Å². The third kappa shape index (κ3) is 11.7. The van der Waals surface area contributed by atoms with Gasteiger partial charge in [-0.1, -0.05) is 18.5 Å². The van der Waals surface area contributed by atoms with Crippen molar-refractivity contribution in [2.24, 2.45) is 5.92 Å². The molecular weight excluding hydrogens is 922 g/mol. The molecule has 1 aliphatic heterocycles. The van der Waals surface area contributed by atoms with Gasteiger partial charge in [-0.2, -0.15) is 0 Å². The van der Waals surface area contributed by atoms with E-state index in [2.05, 4.69) is 55.3 Å². The topological polar surface area (TPSA) is 278 Å². The van der Waals surface area contributed by atoms with Crippen LogP contribution in [0.4, 0.5) is 17.5 Å². The van der Waals surface area contributed by atoms with Gasteiger partial charge in [0.15, 0.2) is 0 Å². The first-order chi connectivity index (χ1) is 31.6. The van der Waals surface area contributed by atoms with Crippen LogP contribution in [-0.4, -0.2) is 83.9 Å². The van der Waals surface area contributed by atoms with Gasteiger partial charge < -0.3 is 25.8 Å². The second kappa shape index (κ2) is 20.3. The monoisotopic (exact) mass is 983 g/mol. The highest BCUT2D eigenvalue weighted by Gasteiger charge is 2.39. The fourth-order valence-electron chi connectivity index (χ4n) is 7.38. The van der Waals surface area contributed by atoms with Crippen LogP contribution in [0.1, 0.15) is 81.4 Å². The predicted octanol–water partition coefficient (Wildman–Crippen LogP) is 7.65. The molecule has 2 amide bonds. The molecule has 0 bridgehead atoms.